The molecular formula is C25H26O4. The number of aryl methyl sites for hydroxylation is 1. The molecule has 0 aliphatic rings. The van der Waals surface area contributed by atoms with Crippen LogP contribution in [0.3, 0.4) is 0 Å². The predicted octanol–water partition coefficient (Wildman–Crippen LogP) is 4.85. The van der Waals surface area contributed by atoms with Gasteiger partial charge in [-0.1, -0.05) is 48.5 Å². The van der Waals surface area contributed by atoms with Crippen LogP contribution >= 0.6 is 0 Å². The van der Waals surface area contributed by atoms with Crippen molar-refractivity contribution in [3.63, 3.8) is 0 Å². The highest BCUT2D eigenvalue weighted by molar-refractivity contribution is 5.88. The fraction of sp³-hybridized carbons (Fsp3) is 0.240. The van der Waals surface area contributed by atoms with Gasteiger partial charge in [0.15, 0.2) is 0 Å². The van der Waals surface area contributed by atoms with E-state index >= 15 is 0 Å². The van der Waals surface area contributed by atoms with E-state index in [9.17, 15) is 4.79 Å². The molecule has 0 atom stereocenters. The second kappa shape index (κ2) is 9.39. The second-order valence-corrected chi connectivity index (χ2v) is 7.13. The summed E-state index contributed by atoms with van der Waals surface area (Å²) in [6.45, 7) is 7.70. The number of rotatable bonds is 8. The number of esters is 1. The molecule has 3 aromatic carbocycles. The molecular weight excluding hydrogens is 364 g/mol. The number of ether oxygens (including phenoxy) is 2. The summed E-state index contributed by atoms with van der Waals surface area (Å²) in [5.74, 6) is 0.286. The van der Waals surface area contributed by atoms with E-state index in [2.05, 4.69) is 56.0 Å². The van der Waals surface area contributed by atoms with Gasteiger partial charge in [-0.05, 0) is 59.5 Å². The van der Waals surface area contributed by atoms with Gasteiger partial charge < -0.3 is 14.6 Å². The Morgan fingerprint density at radius 2 is 1.66 bits per heavy atom. The maximum atomic E-state index is 11.6. The third kappa shape index (κ3) is 5.24. The van der Waals surface area contributed by atoms with Crippen molar-refractivity contribution in [2.45, 2.75) is 20.3 Å². The summed E-state index contributed by atoms with van der Waals surface area (Å²) < 4.78 is 10.9. The van der Waals surface area contributed by atoms with E-state index in [1.807, 2.05) is 12.1 Å². The SMILES string of the molecule is C=C(C)C(=O)OCCc1cc(-c2ccc3cc(C)ccc3c2)ccc1OCCO. The van der Waals surface area contributed by atoms with Gasteiger partial charge in [0, 0.05) is 12.0 Å². The van der Waals surface area contributed by atoms with Crippen LogP contribution in [-0.2, 0) is 16.0 Å². The van der Waals surface area contributed by atoms with E-state index in [1.54, 1.807) is 6.92 Å². The Bertz CT molecular complexity index is 1040. The normalized spacial score (nSPS) is 10.7. The van der Waals surface area contributed by atoms with Gasteiger partial charge in [0.1, 0.15) is 12.4 Å². The van der Waals surface area contributed by atoms with Crippen LogP contribution in [0.5, 0.6) is 5.75 Å². The van der Waals surface area contributed by atoms with Crippen LogP contribution in [0, 0.1) is 6.92 Å². The Balaban J connectivity index is 1.88. The maximum Gasteiger partial charge on any atom is 0.333 e. The zero-order valence-corrected chi connectivity index (χ0v) is 16.9. The molecule has 0 spiro atoms. The predicted molar refractivity (Wildman–Crippen MR) is 116 cm³/mol. The average molecular weight is 390 g/mol. The molecule has 0 heterocycles. The number of carbonyl (C=O) groups is 1. The molecule has 0 amide bonds. The van der Waals surface area contributed by atoms with Crippen LogP contribution in [0.1, 0.15) is 18.1 Å². The molecule has 0 aliphatic carbocycles. The number of aliphatic hydroxyl groups is 1. The molecule has 0 radical (unpaired) electrons. The first-order chi connectivity index (χ1) is 14.0. The third-order valence-electron chi connectivity index (χ3n) is 4.69. The van der Waals surface area contributed by atoms with E-state index in [0.29, 0.717) is 17.7 Å². The fourth-order valence-electron chi connectivity index (χ4n) is 3.17. The molecule has 0 bridgehead atoms. The minimum atomic E-state index is -0.399. The highest BCUT2D eigenvalue weighted by atomic mass is 16.5. The van der Waals surface area contributed by atoms with Crippen molar-refractivity contribution in [1.29, 1.82) is 0 Å². The molecule has 1 N–H and O–H groups in total. The summed E-state index contributed by atoms with van der Waals surface area (Å²) in [4.78, 5) is 11.6. The Kier molecular flexibility index (Phi) is 6.68. The third-order valence-corrected chi connectivity index (χ3v) is 4.69. The Labute approximate surface area is 171 Å². The van der Waals surface area contributed by atoms with Crippen molar-refractivity contribution < 1.29 is 19.4 Å². The minimum absolute atomic E-state index is 0.0596. The summed E-state index contributed by atoms with van der Waals surface area (Å²) in [7, 11) is 0. The zero-order chi connectivity index (χ0) is 20.8. The van der Waals surface area contributed by atoms with Crippen molar-refractivity contribution in [2.75, 3.05) is 19.8 Å². The van der Waals surface area contributed by atoms with Crippen molar-refractivity contribution in [3.05, 3.63) is 77.9 Å². The first-order valence-corrected chi connectivity index (χ1v) is 9.68. The van der Waals surface area contributed by atoms with Crippen molar-refractivity contribution >= 4 is 16.7 Å². The highest BCUT2D eigenvalue weighted by Gasteiger charge is 2.10. The highest BCUT2D eigenvalue weighted by Crippen LogP contribution is 2.30. The van der Waals surface area contributed by atoms with Gasteiger partial charge in [0.25, 0.3) is 0 Å². The van der Waals surface area contributed by atoms with Gasteiger partial charge in [0.2, 0.25) is 0 Å². The molecule has 4 heteroatoms. The monoisotopic (exact) mass is 390 g/mol. The van der Waals surface area contributed by atoms with Crippen LogP contribution in [-0.4, -0.2) is 30.9 Å². The molecule has 0 fully saturated rings. The largest absolute Gasteiger partial charge is 0.491 e. The van der Waals surface area contributed by atoms with E-state index in [1.165, 1.54) is 16.3 Å². The summed E-state index contributed by atoms with van der Waals surface area (Å²) in [6, 6.07) is 18.8. The first kappa shape index (κ1) is 20.6. The van der Waals surface area contributed by atoms with Gasteiger partial charge in [-0.15, -0.1) is 0 Å². The number of hydrogen-bond acceptors (Lipinski definition) is 4. The van der Waals surface area contributed by atoms with Crippen LogP contribution in [0.15, 0.2) is 66.7 Å². The smallest absolute Gasteiger partial charge is 0.333 e. The van der Waals surface area contributed by atoms with Crippen molar-refractivity contribution in [2.24, 2.45) is 0 Å². The number of hydrogen-bond donors (Lipinski definition) is 1. The number of aliphatic hydroxyl groups excluding tert-OH is 1. The summed E-state index contributed by atoms with van der Waals surface area (Å²) in [6.07, 6.45) is 0.514. The molecule has 29 heavy (non-hydrogen) atoms. The molecule has 0 unspecified atom stereocenters. The summed E-state index contributed by atoms with van der Waals surface area (Å²) in [5.41, 5.74) is 4.71. The molecule has 3 rings (SSSR count). The molecule has 0 saturated carbocycles. The van der Waals surface area contributed by atoms with Gasteiger partial charge in [-0.25, -0.2) is 4.79 Å². The lowest BCUT2D eigenvalue weighted by atomic mass is 9.98. The summed E-state index contributed by atoms with van der Waals surface area (Å²) >= 11 is 0. The number of fused-ring (bicyclic) bond motifs is 1. The molecule has 0 saturated heterocycles. The molecule has 3 aromatic rings. The van der Waals surface area contributed by atoms with Crippen molar-refractivity contribution in [3.8, 4) is 16.9 Å². The zero-order valence-electron chi connectivity index (χ0n) is 16.9. The van der Waals surface area contributed by atoms with E-state index in [0.717, 1.165) is 16.7 Å². The lowest BCUT2D eigenvalue weighted by Gasteiger charge is -2.14. The number of carbonyl (C=O) groups excluding carboxylic acids is 1. The lowest BCUT2D eigenvalue weighted by Crippen LogP contribution is -2.10. The lowest BCUT2D eigenvalue weighted by molar-refractivity contribution is -0.138. The van der Waals surface area contributed by atoms with E-state index in [4.69, 9.17) is 14.6 Å². The quantitative estimate of drug-likeness (QED) is 0.441. The van der Waals surface area contributed by atoms with Crippen LogP contribution in [0.2, 0.25) is 0 Å². The second-order valence-electron chi connectivity index (χ2n) is 7.13. The van der Waals surface area contributed by atoms with E-state index in [-0.39, 0.29) is 19.8 Å². The Morgan fingerprint density at radius 3 is 2.41 bits per heavy atom. The van der Waals surface area contributed by atoms with Crippen LogP contribution < -0.4 is 4.74 Å². The summed E-state index contributed by atoms with van der Waals surface area (Å²) in [5, 5.41) is 11.5. The van der Waals surface area contributed by atoms with Crippen LogP contribution in [0.25, 0.3) is 21.9 Å². The number of benzene rings is 3. The Morgan fingerprint density at radius 1 is 0.966 bits per heavy atom. The van der Waals surface area contributed by atoms with E-state index < -0.39 is 5.97 Å². The molecule has 4 nitrogen and oxygen atoms in total. The molecule has 150 valence electrons. The van der Waals surface area contributed by atoms with Gasteiger partial charge in [-0.3, -0.25) is 0 Å². The Hall–Kier alpha value is -3.11. The molecule has 0 aromatic heterocycles. The first-order valence-electron chi connectivity index (χ1n) is 9.68. The van der Waals surface area contributed by atoms with Gasteiger partial charge >= 0.3 is 5.97 Å². The van der Waals surface area contributed by atoms with Gasteiger partial charge in [0.05, 0.1) is 13.2 Å². The van der Waals surface area contributed by atoms with Crippen molar-refractivity contribution in [1.82, 2.24) is 0 Å². The average Bonchev–Trinajstić information content (AvgIpc) is 2.72. The topological polar surface area (TPSA) is 55.8 Å². The maximum absolute atomic E-state index is 11.6. The minimum Gasteiger partial charge on any atom is -0.491 e. The fourth-order valence-corrected chi connectivity index (χ4v) is 3.17. The molecule has 0 aliphatic heterocycles. The van der Waals surface area contributed by atoms with Crippen LogP contribution in [0.4, 0.5) is 0 Å². The standard InChI is InChI=1S/C25H26O4/c1-17(2)25(27)29-12-10-23-16-22(8-9-24(23)28-13-11-26)21-7-6-19-14-18(3)4-5-20(19)15-21/h4-9,14-16,26H,1,10-13H2,2-3H3. The van der Waals surface area contributed by atoms with Gasteiger partial charge in [-0.2, -0.15) is 0 Å².